The summed E-state index contributed by atoms with van der Waals surface area (Å²) < 4.78 is 10.4. The number of aliphatic hydroxyl groups is 1. The molecule has 0 amide bonds. The van der Waals surface area contributed by atoms with Gasteiger partial charge in [-0.25, -0.2) is 0 Å². The average Bonchev–Trinajstić information content (AvgIpc) is 2.77. The fourth-order valence-electron chi connectivity index (χ4n) is 1.61. The monoisotopic (exact) mass is 249 g/mol. The largest absolute Gasteiger partial charge is 0.391 e. The summed E-state index contributed by atoms with van der Waals surface area (Å²) in [5.41, 5.74) is 0. The molecule has 0 aliphatic carbocycles. The quantitative estimate of drug-likeness (QED) is 0.583. The molecule has 1 fully saturated rings. The van der Waals surface area contributed by atoms with Gasteiger partial charge < -0.3 is 19.9 Å². The highest BCUT2D eigenvalue weighted by molar-refractivity contribution is 7.99. The van der Waals surface area contributed by atoms with Crippen molar-refractivity contribution in [3.8, 4) is 0 Å². The number of aliphatic hydroxyl groups excluding tert-OH is 1. The topological polar surface area (TPSA) is 50.7 Å². The molecule has 1 aliphatic heterocycles. The van der Waals surface area contributed by atoms with E-state index < -0.39 is 0 Å². The molecular weight excluding hydrogens is 226 g/mol. The Bertz CT molecular complexity index is 165. The van der Waals surface area contributed by atoms with E-state index >= 15 is 0 Å². The molecule has 4 nitrogen and oxygen atoms in total. The maximum Gasteiger partial charge on any atom is 0.0754 e. The number of thioether (sulfide) groups is 1. The molecule has 0 aromatic rings. The van der Waals surface area contributed by atoms with E-state index in [0.29, 0.717) is 19.3 Å². The van der Waals surface area contributed by atoms with E-state index in [-0.39, 0.29) is 6.10 Å². The molecule has 1 aliphatic rings. The second-order valence-corrected chi connectivity index (χ2v) is 5.10. The fourth-order valence-corrected chi connectivity index (χ4v) is 2.66. The van der Waals surface area contributed by atoms with Crippen LogP contribution in [0.4, 0.5) is 0 Å². The van der Waals surface area contributed by atoms with E-state index in [9.17, 15) is 5.11 Å². The Morgan fingerprint density at radius 1 is 1.62 bits per heavy atom. The summed E-state index contributed by atoms with van der Waals surface area (Å²) in [5, 5.41) is 12.8. The number of rotatable bonds is 9. The van der Waals surface area contributed by atoms with E-state index in [2.05, 4.69) is 5.32 Å². The van der Waals surface area contributed by atoms with Gasteiger partial charge in [0, 0.05) is 38.3 Å². The van der Waals surface area contributed by atoms with Gasteiger partial charge in [0.25, 0.3) is 0 Å². The Labute approximate surface area is 102 Å². The molecule has 2 N–H and O–H groups in total. The molecule has 2 atom stereocenters. The van der Waals surface area contributed by atoms with Crippen molar-refractivity contribution in [2.75, 3.05) is 44.9 Å². The normalized spacial score (nSPS) is 22.5. The van der Waals surface area contributed by atoms with Gasteiger partial charge in [-0.3, -0.25) is 0 Å². The van der Waals surface area contributed by atoms with Crippen molar-refractivity contribution in [1.82, 2.24) is 5.32 Å². The first-order valence-electron chi connectivity index (χ1n) is 5.90. The van der Waals surface area contributed by atoms with Crippen LogP contribution < -0.4 is 5.32 Å². The lowest BCUT2D eigenvalue weighted by molar-refractivity contribution is 0.128. The summed E-state index contributed by atoms with van der Waals surface area (Å²) in [5.74, 6) is 1.79. The molecule has 0 spiro atoms. The minimum atomic E-state index is -0.275. The molecule has 0 aromatic heterocycles. The van der Waals surface area contributed by atoms with Crippen LogP contribution in [0.5, 0.6) is 0 Å². The highest BCUT2D eigenvalue weighted by Crippen LogP contribution is 2.17. The molecule has 1 saturated heterocycles. The van der Waals surface area contributed by atoms with E-state index in [0.717, 1.165) is 24.7 Å². The minimum Gasteiger partial charge on any atom is -0.391 e. The molecule has 0 aromatic carbocycles. The van der Waals surface area contributed by atoms with Crippen LogP contribution in [0.2, 0.25) is 0 Å². The van der Waals surface area contributed by atoms with Gasteiger partial charge in [0.2, 0.25) is 0 Å². The van der Waals surface area contributed by atoms with Gasteiger partial charge in [-0.2, -0.15) is 11.8 Å². The zero-order chi connectivity index (χ0) is 11.6. The van der Waals surface area contributed by atoms with Crippen LogP contribution in [-0.4, -0.2) is 62.2 Å². The maximum atomic E-state index is 9.66. The van der Waals surface area contributed by atoms with Gasteiger partial charge in [0.15, 0.2) is 0 Å². The molecule has 5 heteroatoms. The number of methoxy groups -OCH3 is 1. The van der Waals surface area contributed by atoms with Crippen molar-refractivity contribution in [1.29, 1.82) is 0 Å². The third kappa shape index (κ3) is 6.70. The highest BCUT2D eigenvalue weighted by Gasteiger charge is 2.15. The van der Waals surface area contributed by atoms with Crippen molar-refractivity contribution in [2.24, 2.45) is 0 Å². The lowest BCUT2D eigenvalue weighted by Gasteiger charge is -2.13. The van der Waals surface area contributed by atoms with Gasteiger partial charge in [-0.05, 0) is 12.8 Å². The van der Waals surface area contributed by atoms with E-state index in [4.69, 9.17) is 9.47 Å². The van der Waals surface area contributed by atoms with Crippen LogP contribution >= 0.6 is 11.8 Å². The highest BCUT2D eigenvalue weighted by atomic mass is 32.2. The van der Waals surface area contributed by atoms with Gasteiger partial charge in [0.05, 0.1) is 18.8 Å². The molecule has 16 heavy (non-hydrogen) atoms. The predicted octanol–water partition coefficient (Wildman–Crippen LogP) is 0.495. The van der Waals surface area contributed by atoms with Gasteiger partial charge >= 0.3 is 0 Å². The van der Waals surface area contributed by atoms with Crippen LogP contribution in [0.1, 0.15) is 12.8 Å². The third-order valence-corrected chi connectivity index (χ3v) is 3.73. The first-order chi connectivity index (χ1) is 7.83. The van der Waals surface area contributed by atoms with Crippen molar-refractivity contribution in [3.63, 3.8) is 0 Å². The summed E-state index contributed by atoms with van der Waals surface area (Å²) in [4.78, 5) is 0. The molecule has 0 radical (unpaired) electrons. The molecule has 1 rings (SSSR count). The average molecular weight is 249 g/mol. The summed E-state index contributed by atoms with van der Waals surface area (Å²) in [6.07, 6.45) is 2.50. The number of hydrogen-bond acceptors (Lipinski definition) is 5. The fraction of sp³-hybridized carbons (Fsp3) is 1.00. The van der Waals surface area contributed by atoms with Crippen LogP contribution in [0.15, 0.2) is 0 Å². The van der Waals surface area contributed by atoms with Crippen LogP contribution in [-0.2, 0) is 9.47 Å². The summed E-state index contributed by atoms with van der Waals surface area (Å²) in [6, 6.07) is 0. The van der Waals surface area contributed by atoms with Crippen molar-refractivity contribution in [3.05, 3.63) is 0 Å². The summed E-state index contributed by atoms with van der Waals surface area (Å²) >= 11 is 1.78. The SMILES string of the molecule is COCCNCC(O)CSCC1CCCO1. The number of nitrogens with one attached hydrogen (secondary N) is 1. The second kappa shape index (κ2) is 9.24. The number of hydrogen-bond donors (Lipinski definition) is 2. The lowest BCUT2D eigenvalue weighted by atomic mass is 10.3. The van der Waals surface area contributed by atoms with E-state index in [1.165, 1.54) is 12.8 Å². The molecule has 0 saturated carbocycles. The Balaban J connectivity index is 1.87. The van der Waals surface area contributed by atoms with Gasteiger partial charge in [0.1, 0.15) is 0 Å². The first-order valence-corrected chi connectivity index (χ1v) is 7.05. The van der Waals surface area contributed by atoms with Gasteiger partial charge in [-0.1, -0.05) is 0 Å². The Morgan fingerprint density at radius 2 is 2.50 bits per heavy atom. The van der Waals surface area contributed by atoms with Gasteiger partial charge in [-0.15, -0.1) is 0 Å². The zero-order valence-corrected chi connectivity index (χ0v) is 10.8. The Hall–Kier alpha value is 0.190. The third-order valence-electron chi connectivity index (χ3n) is 2.50. The van der Waals surface area contributed by atoms with Crippen molar-refractivity contribution in [2.45, 2.75) is 25.0 Å². The van der Waals surface area contributed by atoms with E-state index in [1.807, 2.05) is 0 Å². The lowest BCUT2D eigenvalue weighted by Crippen LogP contribution is -2.31. The minimum absolute atomic E-state index is 0.275. The second-order valence-electron chi connectivity index (χ2n) is 4.02. The first kappa shape index (κ1) is 14.3. The van der Waals surface area contributed by atoms with Crippen LogP contribution in [0.3, 0.4) is 0 Å². The maximum absolute atomic E-state index is 9.66. The molecule has 1 heterocycles. The van der Waals surface area contributed by atoms with Crippen molar-refractivity contribution >= 4 is 11.8 Å². The molecule has 0 bridgehead atoms. The Kier molecular flexibility index (Phi) is 8.23. The van der Waals surface area contributed by atoms with Crippen LogP contribution in [0, 0.1) is 0 Å². The zero-order valence-electron chi connectivity index (χ0n) is 9.98. The van der Waals surface area contributed by atoms with Crippen LogP contribution in [0.25, 0.3) is 0 Å². The number of ether oxygens (including phenoxy) is 2. The summed E-state index contributed by atoms with van der Waals surface area (Å²) in [6.45, 7) is 3.04. The molecule has 96 valence electrons. The molecule has 2 unspecified atom stereocenters. The van der Waals surface area contributed by atoms with E-state index in [1.54, 1.807) is 18.9 Å². The molecular formula is C11H23NO3S. The summed E-state index contributed by atoms with van der Waals surface area (Å²) in [7, 11) is 1.68. The Morgan fingerprint density at radius 3 is 3.19 bits per heavy atom. The standard InChI is InChI=1S/C11H23NO3S/c1-14-6-4-12-7-10(13)8-16-9-11-3-2-5-15-11/h10-13H,2-9H2,1H3. The van der Waals surface area contributed by atoms with Crippen molar-refractivity contribution < 1.29 is 14.6 Å². The predicted molar refractivity (Wildman–Crippen MR) is 67.1 cm³/mol. The smallest absolute Gasteiger partial charge is 0.0754 e.